The number of nitrogens with one attached hydrogen (secondary N) is 2. The van der Waals surface area contributed by atoms with Crippen molar-refractivity contribution in [1.29, 1.82) is 0 Å². The molecule has 1 atom stereocenters. The summed E-state index contributed by atoms with van der Waals surface area (Å²) in [5, 5.41) is 7.34. The lowest BCUT2D eigenvalue weighted by Gasteiger charge is -2.21. The van der Waals surface area contributed by atoms with Crippen molar-refractivity contribution in [3.63, 3.8) is 0 Å². The van der Waals surface area contributed by atoms with Crippen LogP contribution >= 0.6 is 11.8 Å². The fourth-order valence-corrected chi connectivity index (χ4v) is 3.65. The molecule has 0 saturated carbocycles. The standard InChI is InChI=1S/C17H25N5O2S/c1-10-9-15(23)19-17(18-10)25-13(4)16(24)22(5)8-6-7-14-11(2)20-21-12(14)3/h9,13H,6-8H2,1-5H3,(H,20,21)(H,18,19,23). The monoisotopic (exact) mass is 363 g/mol. The zero-order chi connectivity index (χ0) is 18.6. The normalized spacial score (nSPS) is 12.2. The van der Waals surface area contributed by atoms with Crippen molar-refractivity contribution in [3.8, 4) is 0 Å². The summed E-state index contributed by atoms with van der Waals surface area (Å²) in [7, 11) is 1.81. The predicted octanol–water partition coefficient (Wildman–Crippen LogP) is 1.99. The summed E-state index contributed by atoms with van der Waals surface area (Å²) in [5.41, 5.74) is 3.78. The summed E-state index contributed by atoms with van der Waals surface area (Å²) < 4.78 is 0. The number of thioether (sulfide) groups is 1. The molecule has 2 heterocycles. The lowest BCUT2D eigenvalue weighted by Crippen LogP contribution is -2.34. The lowest BCUT2D eigenvalue weighted by molar-refractivity contribution is -0.129. The van der Waals surface area contributed by atoms with Gasteiger partial charge in [-0.25, -0.2) is 4.98 Å². The molecule has 2 aromatic rings. The molecule has 0 aliphatic heterocycles. The number of nitrogens with zero attached hydrogens (tertiary/aromatic N) is 3. The van der Waals surface area contributed by atoms with E-state index in [1.807, 2.05) is 20.8 Å². The van der Waals surface area contributed by atoms with Crippen molar-refractivity contribution < 1.29 is 4.79 Å². The third kappa shape index (κ3) is 5.19. The highest BCUT2D eigenvalue weighted by Gasteiger charge is 2.20. The Bertz CT molecular complexity index is 779. The Morgan fingerprint density at radius 1 is 1.36 bits per heavy atom. The molecule has 0 radical (unpaired) electrons. The molecular formula is C17H25N5O2S. The number of H-pyrrole nitrogens is 2. The Morgan fingerprint density at radius 3 is 2.68 bits per heavy atom. The lowest BCUT2D eigenvalue weighted by atomic mass is 10.1. The first-order chi connectivity index (χ1) is 11.8. The minimum atomic E-state index is -0.313. The zero-order valence-corrected chi connectivity index (χ0v) is 16.2. The van der Waals surface area contributed by atoms with Crippen molar-refractivity contribution in [2.45, 2.75) is 50.9 Å². The van der Waals surface area contributed by atoms with E-state index in [-0.39, 0.29) is 16.7 Å². The van der Waals surface area contributed by atoms with Crippen molar-refractivity contribution in [2.75, 3.05) is 13.6 Å². The third-order valence-electron chi connectivity index (χ3n) is 4.06. The van der Waals surface area contributed by atoms with Crippen LogP contribution in [0.1, 0.15) is 36.0 Å². The molecule has 0 aliphatic carbocycles. The van der Waals surface area contributed by atoms with Gasteiger partial charge < -0.3 is 9.88 Å². The number of amides is 1. The van der Waals surface area contributed by atoms with Gasteiger partial charge in [0.2, 0.25) is 5.91 Å². The molecule has 0 aromatic carbocycles. The highest BCUT2D eigenvalue weighted by atomic mass is 32.2. The van der Waals surface area contributed by atoms with E-state index in [4.69, 9.17) is 0 Å². The maximum atomic E-state index is 12.5. The van der Waals surface area contributed by atoms with Gasteiger partial charge in [0.05, 0.1) is 10.9 Å². The average molecular weight is 363 g/mol. The second kappa shape index (κ2) is 8.33. The van der Waals surface area contributed by atoms with Crippen LogP contribution in [0.2, 0.25) is 0 Å². The van der Waals surface area contributed by atoms with Crippen LogP contribution in [-0.4, -0.2) is 49.8 Å². The molecule has 2 N–H and O–H groups in total. The van der Waals surface area contributed by atoms with Gasteiger partial charge in [0.25, 0.3) is 5.56 Å². The molecule has 25 heavy (non-hydrogen) atoms. The van der Waals surface area contributed by atoms with Gasteiger partial charge in [-0.2, -0.15) is 5.10 Å². The number of carbonyl (C=O) groups is 1. The number of aromatic nitrogens is 4. The highest BCUT2D eigenvalue weighted by Crippen LogP contribution is 2.20. The van der Waals surface area contributed by atoms with Gasteiger partial charge in [-0.3, -0.25) is 14.7 Å². The van der Waals surface area contributed by atoms with Gasteiger partial charge in [-0.15, -0.1) is 0 Å². The van der Waals surface area contributed by atoms with Crippen molar-refractivity contribution in [1.82, 2.24) is 25.1 Å². The van der Waals surface area contributed by atoms with Crippen LogP contribution in [0.15, 0.2) is 16.0 Å². The zero-order valence-electron chi connectivity index (χ0n) is 15.3. The Labute approximate surface area is 151 Å². The molecule has 0 bridgehead atoms. The number of hydrogen-bond donors (Lipinski definition) is 2. The highest BCUT2D eigenvalue weighted by molar-refractivity contribution is 8.00. The van der Waals surface area contributed by atoms with Crippen LogP contribution in [0.4, 0.5) is 0 Å². The molecule has 8 heteroatoms. The van der Waals surface area contributed by atoms with Gasteiger partial charge >= 0.3 is 0 Å². The summed E-state index contributed by atoms with van der Waals surface area (Å²) in [6, 6.07) is 1.43. The molecule has 136 valence electrons. The van der Waals surface area contributed by atoms with Crippen LogP contribution in [-0.2, 0) is 11.2 Å². The average Bonchev–Trinajstić information content (AvgIpc) is 2.84. The van der Waals surface area contributed by atoms with Gasteiger partial charge in [0, 0.05) is 31.0 Å². The number of carbonyl (C=O) groups excluding carboxylic acids is 1. The Balaban J connectivity index is 1.87. The van der Waals surface area contributed by atoms with Crippen LogP contribution in [0.3, 0.4) is 0 Å². The Morgan fingerprint density at radius 2 is 2.08 bits per heavy atom. The van der Waals surface area contributed by atoms with Gasteiger partial charge in [-0.1, -0.05) is 11.8 Å². The summed E-state index contributed by atoms with van der Waals surface area (Å²) in [6.07, 6.45) is 1.76. The molecular weight excluding hydrogens is 338 g/mol. The minimum absolute atomic E-state index is 0.0230. The van der Waals surface area contributed by atoms with Crippen LogP contribution in [0.5, 0.6) is 0 Å². The van der Waals surface area contributed by atoms with Crippen molar-refractivity contribution in [3.05, 3.63) is 39.1 Å². The molecule has 0 aliphatic rings. The molecule has 7 nitrogen and oxygen atoms in total. The summed E-state index contributed by atoms with van der Waals surface area (Å²) >= 11 is 1.27. The van der Waals surface area contributed by atoms with Crippen LogP contribution < -0.4 is 5.56 Å². The Kier molecular flexibility index (Phi) is 6.41. The first-order valence-corrected chi connectivity index (χ1v) is 9.16. The minimum Gasteiger partial charge on any atom is -0.345 e. The van der Waals surface area contributed by atoms with Crippen molar-refractivity contribution in [2.24, 2.45) is 0 Å². The van der Waals surface area contributed by atoms with Crippen LogP contribution in [0.25, 0.3) is 0 Å². The second-order valence-electron chi connectivity index (χ2n) is 6.23. The van der Waals surface area contributed by atoms with E-state index in [9.17, 15) is 9.59 Å². The SMILES string of the molecule is Cc1cc(=O)[nH]c(SC(C)C(=O)N(C)CCCc2c(C)n[nH]c2C)n1. The number of rotatable bonds is 7. The first-order valence-electron chi connectivity index (χ1n) is 8.28. The number of aromatic amines is 2. The molecule has 1 unspecified atom stereocenters. The van der Waals surface area contributed by atoms with E-state index < -0.39 is 0 Å². The second-order valence-corrected chi connectivity index (χ2v) is 7.56. The fraction of sp³-hybridized carbons (Fsp3) is 0.529. The van der Waals surface area contributed by atoms with Crippen LogP contribution in [0, 0.1) is 20.8 Å². The summed E-state index contributed by atoms with van der Waals surface area (Å²) in [5.74, 6) is 0.0230. The fourth-order valence-electron chi connectivity index (χ4n) is 2.68. The number of hydrogen-bond acceptors (Lipinski definition) is 5. The quantitative estimate of drug-likeness (QED) is 0.579. The smallest absolute Gasteiger partial charge is 0.251 e. The van der Waals surface area contributed by atoms with E-state index in [1.54, 1.807) is 18.9 Å². The predicted molar refractivity (Wildman–Crippen MR) is 98.9 cm³/mol. The van der Waals surface area contributed by atoms with Gasteiger partial charge in [0.1, 0.15) is 0 Å². The van der Waals surface area contributed by atoms with Crippen molar-refractivity contribution >= 4 is 17.7 Å². The van der Waals surface area contributed by atoms with E-state index in [0.29, 0.717) is 17.4 Å². The summed E-state index contributed by atoms with van der Waals surface area (Å²) in [6.45, 7) is 8.26. The van der Waals surface area contributed by atoms with E-state index in [0.717, 1.165) is 24.2 Å². The third-order valence-corrected chi connectivity index (χ3v) is 5.03. The van der Waals surface area contributed by atoms with E-state index in [1.165, 1.54) is 23.4 Å². The molecule has 2 aromatic heterocycles. The molecule has 0 saturated heterocycles. The van der Waals surface area contributed by atoms with E-state index >= 15 is 0 Å². The molecule has 2 rings (SSSR count). The van der Waals surface area contributed by atoms with E-state index in [2.05, 4.69) is 20.2 Å². The molecule has 1 amide bonds. The maximum Gasteiger partial charge on any atom is 0.251 e. The Hall–Kier alpha value is -2.09. The summed E-state index contributed by atoms with van der Waals surface area (Å²) in [4.78, 5) is 32.7. The van der Waals surface area contributed by atoms with Gasteiger partial charge in [-0.05, 0) is 46.1 Å². The molecule has 0 spiro atoms. The maximum absolute atomic E-state index is 12.5. The topological polar surface area (TPSA) is 94.7 Å². The largest absolute Gasteiger partial charge is 0.345 e. The van der Waals surface area contributed by atoms with Gasteiger partial charge in [0.15, 0.2) is 5.16 Å². The number of aryl methyl sites for hydroxylation is 3. The molecule has 0 fully saturated rings. The first kappa shape index (κ1) is 19.2.